The number of amides is 12. The highest BCUT2D eigenvalue weighted by Gasteiger charge is 2.42. The van der Waals surface area contributed by atoms with Gasteiger partial charge in [0.05, 0.1) is 18.8 Å². The van der Waals surface area contributed by atoms with Gasteiger partial charge in [-0.1, -0.05) is 64.4 Å². The Morgan fingerprint density at radius 2 is 1.22 bits per heavy atom. The van der Waals surface area contributed by atoms with Crippen LogP contribution in [0.25, 0.3) is 10.9 Å². The summed E-state index contributed by atoms with van der Waals surface area (Å²) in [6.45, 7) is 8.07. The van der Waals surface area contributed by atoms with Crippen molar-refractivity contribution in [3.63, 3.8) is 0 Å². The second-order valence-electron chi connectivity index (χ2n) is 26.0. The molecule has 2 aromatic carbocycles. The van der Waals surface area contributed by atoms with Crippen LogP contribution in [0.2, 0.25) is 0 Å². The quantitative estimate of drug-likeness (QED) is 0.00891. The third-order valence-corrected chi connectivity index (χ3v) is 18.0. The average Bonchev–Trinajstić information content (AvgIpc) is 1.75. The Hall–Kier alpha value is -10.5. The minimum atomic E-state index is -1.72. The number of carbonyl (C=O) groups is 14. The number of H-pyrrole nitrogens is 2. The molecule has 1 saturated heterocycles. The minimum Gasteiger partial charge on any atom is -0.508 e. The number of carboxylic acid groups (broad SMARTS) is 2. The first-order valence-corrected chi connectivity index (χ1v) is 35.4. The van der Waals surface area contributed by atoms with Gasteiger partial charge in [-0.25, -0.2) is 9.78 Å². The SMILES string of the molecule is CC[C@H](C)[C@H](NC(=O)[C@H](CCCN=C(N)N)NC(=O)[C@H](CC(=O)O)NC(=O)[C@@H](N)CS)C(=O)N[C@@H](C)C(=O)N[C@@H](Cc1c[nH]c2ccccc12)C(=O)N[C@@H](Cc1ccc(O)cc1)C(=O)N1CCC[C@H]1C(=O)N[C@@H](CCC(N)=O)C(=O)N[C@@H](Cc1cnc[nH]1)C(=O)N[C@@H](CC(C)C)C(=O)N[C@@H](CS)C(=O)O. The van der Waals surface area contributed by atoms with Crippen LogP contribution in [0.1, 0.15) is 109 Å². The first-order chi connectivity index (χ1) is 49.7. The van der Waals surface area contributed by atoms with Crippen LogP contribution in [0.4, 0.5) is 0 Å². The number of imidazole rings is 1. The number of aromatic hydroxyl groups is 1. The van der Waals surface area contributed by atoms with E-state index in [4.69, 9.17) is 22.9 Å². The Kier molecular flexibility index (Phi) is 33.8. The molecule has 0 bridgehead atoms. The fourth-order valence-electron chi connectivity index (χ4n) is 11.3. The van der Waals surface area contributed by atoms with Crippen molar-refractivity contribution in [1.29, 1.82) is 0 Å². The predicted octanol–water partition coefficient (Wildman–Crippen LogP) is -3.36. The number of aliphatic carboxylic acids is 2. The van der Waals surface area contributed by atoms with E-state index in [1.54, 1.807) is 58.2 Å². The van der Waals surface area contributed by atoms with Crippen molar-refractivity contribution in [3.05, 3.63) is 84.1 Å². The molecule has 1 fully saturated rings. The largest absolute Gasteiger partial charge is 0.508 e. The van der Waals surface area contributed by atoms with Crippen LogP contribution < -0.4 is 76.1 Å². The van der Waals surface area contributed by atoms with Crippen LogP contribution in [0.15, 0.2) is 72.2 Å². The Bertz CT molecular complexity index is 3730. The number of aromatic amines is 2. The summed E-state index contributed by atoms with van der Waals surface area (Å²) in [5.74, 6) is -15.5. The molecule has 1 aliphatic rings. The van der Waals surface area contributed by atoms with Gasteiger partial charge in [-0.05, 0) is 86.6 Å². The van der Waals surface area contributed by atoms with Crippen molar-refractivity contribution in [2.75, 3.05) is 24.6 Å². The number of hydrogen-bond acceptors (Lipinski definition) is 20. The molecular formula is C67H97N19O17S2. The van der Waals surface area contributed by atoms with Gasteiger partial charge in [0.15, 0.2) is 5.96 Å². The van der Waals surface area contributed by atoms with Crippen molar-refractivity contribution in [2.24, 2.45) is 39.8 Å². The lowest BCUT2D eigenvalue weighted by Gasteiger charge is -2.31. The van der Waals surface area contributed by atoms with E-state index in [1.165, 1.54) is 48.6 Å². The van der Waals surface area contributed by atoms with Crippen LogP contribution in [-0.2, 0) is 86.4 Å². The molecule has 105 heavy (non-hydrogen) atoms. The standard InChI is InChI=1S/C67H97N19O17S2/c1-6-34(4)54(85-58(94)43(13-9-21-73-67(70)71)77-62(98)48(27-53(89)90)80-56(92)41(68)30-104)64(100)76-35(5)55(91)79-46(25-37-28-74-42-12-8-7-11-40(37)42)60(96)83-49(24-36-15-17-39(87)18-16-36)65(101)86-22-10-14-51(86)63(99)78-44(19-20-52(69)88)57(93)82-47(26-38-29-72-32-75-38)61(97)81-45(23-33(2)3)59(95)84-50(31-105)66(102)103/h7-8,11-12,15-18,28-29,32-35,41,43-51,54,74,87,104-105H,6,9-10,13-14,19-27,30-31,68H2,1-5H3,(H2,69,88)(H,72,75)(H,76,100)(H,77,98)(H,78,99)(H,79,91)(H,80,92)(H,81,97)(H,82,93)(H,83,96)(H,84,95)(H,85,94)(H,89,90)(H,102,103)(H4,70,71,73)/t34-,35-,41-,43-,44-,45-,46-,47-,48-,49-,50-,51-,54-/m0/s1. The number of aromatic nitrogens is 3. The number of rotatable bonds is 43. The molecule has 0 aliphatic carbocycles. The number of carbonyl (C=O) groups excluding carboxylic acids is 12. The van der Waals surface area contributed by atoms with Gasteiger partial charge in [0.2, 0.25) is 70.9 Å². The number of phenolic OH excluding ortho intramolecular Hbond substituents is 1. The van der Waals surface area contributed by atoms with E-state index in [9.17, 15) is 72.9 Å². The maximum absolute atomic E-state index is 15.3. The normalized spacial score (nSPS) is 16.1. The fraction of sp³-hybridized carbons (Fsp3) is 0.522. The summed E-state index contributed by atoms with van der Waals surface area (Å²) in [5.41, 5.74) is 24.3. The molecule has 36 nitrogen and oxygen atoms in total. The van der Waals surface area contributed by atoms with Crippen LogP contribution in [0, 0.1) is 11.8 Å². The van der Waals surface area contributed by atoms with E-state index < -0.39 is 181 Å². The summed E-state index contributed by atoms with van der Waals surface area (Å²) in [6.07, 6.45) is 2.23. The monoisotopic (exact) mass is 1500 g/mol. The first-order valence-electron chi connectivity index (χ1n) is 34.1. The maximum atomic E-state index is 15.3. The Morgan fingerprint density at radius 1 is 0.638 bits per heavy atom. The second kappa shape index (κ2) is 41.7. The van der Waals surface area contributed by atoms with E-state index in [0.717, 1.165) is 0 Å². The molecule has 23 N–H and O–H groups in total. The third kappa shape index (κ3) is 26.9. The number of nitrogens with two attached hydrogens (primary N) is 4. The van der Waals surface area contributed by atoms with Gasteiger partial charge in [-0.15, -0.1) is 0 Å². The molecule has 4 aromatic rings. The molecule has 38 heteroatoms. The number of thiol groups is 2. The number of phenols is 1. The smallest absolute Gasteiger partial charge is 0.327 e. The molecule has 2 aromatic heterocycles. The predicted molar refractivity (Wildman–Crippen MR) is 389 cm³/mol. The van der Waals surface area contributed by atoms with E-state index in [2.05, 4.69) is 98.4 Å². The zero-order valence-corrected chi connectivity index (χ0v) is 60.6. The zero-order chi connectivity index (χ0) is 77.8. The summed E-state index contributed by atoms with van der Waals surface area (Å²) in [5, 5.41) is 55.8. The maximum Gasteiger partial charge on any atom is 0.327 e. The number of nitrogens with zero attached hydrogens (tertiary/aromatic N) is 3. The van der Waals surface area contributed by atoms with E-state index in [-0.39, 0.29) is 100 Å². The van der Waals surface area contributed by atoms with E-state index in [0.29, 0.717) is 27.7 Å². The molecule has 13 atom stereocenters. The molecule has 12 amide bonds. The number of guanidine groups is 1. The number of primary amides is 1. The lowest BCUT2D eigenvalue weighted by atomic mass is 9.97. The van der Waals surface area contributed by atoms with Crippen LogP contribution in [0.5, 0.6) is 5.75 Å². The van der Waals surface area contributed by atoms with Crippen molar-refractivity contribution in [3.8, 4) is 5.75 Å². The highest BCUT2D eigenvalue weighted by Crippen LogP contribution is 2.24. The van der Waals surface area contributed by atoms with Crippen LogP contribution >= 0.6 is 25.3 Å². The molecule has 0 saturated carbocycles. The Morgan fingerprint density at radius 3 is 1.83 bits per heavy atom. The lowest BCUT2D eigenvalue weighted by Crippen LogP contribution is -2.61. The fourth-order valence-corrected chi connectivity index (χ4v) is 11.8. The summed E-state index contributed by atoms with van der Waals surface area (Å²) in [4.78, 5) is 208. The molecule has 0 radical (unpaired) electrons. The number of fused-ring (bicyclic) bond motifs is 1. The number of aliphatic imine (C=N–C) groups is 1. The Labute approximate surface area is 616 Å². The summed E-state index contributed by atoms with van der Waals surface area (Å²) < 4.78 is 0. The molecule has 5 rings (SSSR count). The lowest BCUT2D eigenvalue weighted by molar-refractivity contribution is -0.142. The number of nitrogens with one attached hydrogen (secondary N) is 12. The molecule has 574 valence electrons. The van der Waals surface area contributed by atoms with E-state index in [1.807, 2.05) is 0 Å². The van der Waals surface area contributed by atoms with Crippen molar-refractivity contribution in [2.45, 2.75) is 184 Å². The van der Waals surface area contributed by atoms with Crippen LogP contribution in [0.3, 0.4) is 0 Å². The molecular weight excluding hydrogens is 1410 g/mol. The van der Waals surface area contributed by atoms with Gasteiger partial charge in [-0.2, -0.15) is 25.3 Å². The van der Waals surface area contributed by atoms with Crippen molar-refractivity contribution in [1.82, 2.24) is 73.0 Å². The number of likely N-dealkylation sites (tertiary alicyclic amines) is 1. The second-order valence-corrected chi connectivity index (χ2v) is 26.7. The van der Waals surface area contributed by atoms with Gasteiger partial charge in [-0.3, -0.25) is 67.3 Å². The molecule has 0 unspecified atom stereocenters. The molecule has 1 aliphatic heterocycles. The minimum absolute atomic E-state index is 0.0209. The third-order valence-electron chi connectivity index (χ3n) is 17.3. The topological polar surface area (TPSA) is 584 Å². The molecule has 3 heterocycles. The van der Waals surface area contributed by atoms with Gasteiger partial charge < -0.3 is 106 Å². The summed E-state index contributed by atoms with van der Waals surface area (Å²) in [7, 11) is 0. The average molecular weight is 1500 g/mol. The summed E-state index contributed by atoms with van der Waals surface area (Å²) >= 11 is 8.00. The van der Waals surface area contributed by atoms with Crippen molar-refractivity contribution < 1.29 is 82.4 Å². The number of hydrogen-bond donors (Lipinski definition) is 21. The Balaban J connectivity index is 1.43. The van der Waals surface area contributed by atoms with Crippen LogP contribution in [-0.4, -0.2) is 221 Å². The number of benzene rings is 2. The highest BCUT2D eigenvalue weighted by atomic mass is 32.1. The van der Waals surface area contributed by atoms with E-state index >= 15 is 9.59 Å². The van der Waals surface area contributed by atoms with Gasteiger partial charge in [0, 0.05) is 79.3 Å². The highest BCUT2D eigenvalue weighted by molar-refractivity contribution is 7.80. The first kappa shape index (κ1) is 85.1. The van der Waals surface area contributed by atoms with Gasteiger partial charge in [0.25, 0.3) is 0 Å². The molecule has 0 spiro atoms. The number of carboxylic acids is 2. The number of para-hydroxylation sites is 1. The summed E-state index contributed by atoms with van der Waals surface area (Å²) in [6, 6.07) is -4.78. The van der Waals surface area contributed by atoms with Gasteiger partial charge in [0.1, 0.15) is 72.2 Å². The zero-order valence-electron chi connectivity index (χ0n) is 58.9. The van der Waals surface area contributed by atoms with Gasteiger partial charge >= 0.3 is 11.9 Å². The van der Waals surface area contributed by atoms with Crippen molar-refractivity contribution >= 4 is 125 Å².